The van der Waals surface area contributed by atoms with Crippen LogP contribution in [0.3, 0.4) is 0 Å². The van der Waals surface area contributed by atoms with E-state index in [2.05, 4.69) is 28.6 Å². The van der Waals surface area contributed by atoms with Gasteiger partial charge in [-0.1, -0.05) is 23.7 Å². The Morgan fingerprint density at radius 2 is 1.91 bits per heavy atom. The first-order valence-electron chi connectivity index (χ1n) is 11.8. The number of nitrogens with zero attached hydrogens (tertiary/aromatic N) is 7. The molecule has 4 aromatic rings. The number of halogens is 1. The first-order chi connectivity index (χ1) is 16.8. The van der Waals surface area contributed by atoms with E-state index in [1.807, 2.05) is 44.2 Å². The molecule has 2 unspecified atom stereocenters. The number of amides is 1. The van der Waals surface area contributed by atoms with Crippen molar-refractivity contribution >= 4 is 29.0 Å². The van der Waals surface area contributed by atoms with Crippen LogP contribution in [0.2, 0.25) is 5.02 Å². The molecule has 10 heteroatoms. The summed E-state index contributed by atoms with van der Waals surface area (Å²) < 4.78 is 9.57. The Kier molecular flexibility index (Phi) is 5.16. The number of carbonyl (C=O) groups is 1. The highest BCUT2D eigenvalue weighted by Crippen LogP contribution is 2.44. The molecule has 3 aromatic heterocycles. The molecule has 0 N–H and O–H groups in total. The van der Waals surface area contributed by atoms with Gasteiger partial charge in [0.1, 0.15) is 11.9 Å². The van der Waals surface area contributed by atoms with E-state index in [1.165, 1.54) is 0 Å². The normalized spacial score (nSPS) is 19.9. The lowest BCUT2D eigenvalue weighted by Crippen LogP contribution is -2.32. The maximum absolute atomic E-state index is 14.0. The first-order valence-corrected chi connectivity index (χ1v) is 12.2. The molecule has 1 aromatic carbocycles. The van der Waals surface area contributed by atoms with Gasteiger partial charge in [0.25, 0.3) is 5.91 Å². The van der Waals surface area contributed by atoms with E-state index in [-0.39, 0.29) is 17.9 Å². The molecular formula is C25H26ClN7O2. The van der Waals surface area contributed by atoms with Crippen LogP contribution in [0.25, 0.3) is 5.65 Å². The van der Waals surface area contributed by atoms with Gasteiger partial charge >= 0.3 is 0 Å². The summed E-state index contributed by atoms with van der Waals surface area (Å²) >= 11 is 6.22. The number of benzene rings is 1. The molecule has 0 saturated carbocycles. The van der Waals surface area contributed by atoms with Crippen molar-refractivity contribution in [1.82, 2.24) is 29.4 Å². The average Bonchev–Trinajstić information content (AvgIpc) is 3.59. The number of aromatic nitrogens is 6. The number of carbonyl (C=O) groups excluding carboxylic acids is 1. The highest BCUT2D eigenvalue weighted by Gasteiger charge is 2.46. The van der Waals surface area contributed by atoms with Crippen LogP contribution in [0.4, 0.5) is 5.82 Å². The fourth-order valence-corrected chi connectivity index (χ4v) is 5.35. The SMILES string of the molecule is Cc1cc(N2C(=O)c3nc(C4CCOC4)n(C(C)C)c3C2c2ccc(Cl)cc2)nn2c(C)nnc12. The minimum absolute atomic E-state index is 0.113. The van der Waals surface area contributed by atoms with Crippen molar-refractivity contribution < 1.29 is 9.53 Å². The Morgan fingerprint density at radius 1 is 1.14 bits per heavy atom. The van der Waals surface area contributed by atoms with E-state index in [1.54, 1.807) is 9.42 Å². The Bertz CT molecular complexity index is 1450. The largest absolute Gasteiger partial charge is 0.381 e. The summed E-state index contributed by atoms with van der Waals surface area (Å²) in [6, 6.07) is 9.24. The third-order valence-corrected chi connectivity index (χ3v) is 7.11. The summed E-state index contributed by atoms with van der Waals surface area (Å²) in [4.78, 5) is 20.7. The van der Waals surface area contributed by atoms with Crippen molar-refractivity contribution in [2.45, 2.75) is 52.1 Å². The summed E-state index contributed by atoms with van der Waals surface area (Å²) in [5.74, 6) is 2.11. The zero-order valence-corrected chi connectivity index (χ0v) is 20.8. The highest BCUT2D eigenvalue weighted by atomic mass is 35.5. The number of fused-ring (bicyclic) bond motifs is 2. The fourth-order valence-electron chi connectivity index (χ4n) is 5.22. The van der Waals surface area contributed by atoms with E-state index in [4.69, 9.17) is 26.4 Å². The van der Waals surface area contributed by atoms with Crippen LogP contribution in [-0.2, 0) is 4.74 Å². The molecule has 0 radical (unpaired) electrons. The Hall–Kier alpha value is -3.30. The molecular weight excluding hydrogens is 466 g/mol. The highest BCUT2D eigenvalue weighted by molar-refractivity contribution is 6.30. The lowest BCUT2D eigenvalue weighted by atomic mass is 10.0. The maximum Gasteiger partial charge on any atom is 0.280 e. The second kappa shape index (κ2) is 8.13. The zero-order chi connectivity index (χ0) is 24.4. The van der Waals surface area contributed by atoms with Crippen molar-refractivity contribution in [2.75, 3.05) is 18.1 Å². The van der Waals surface area contributed by atoms with Gasteiger partial charge in [-0.2, -0.15) is 4.52 Å². The van der Waals surface area contributed by atoms with Gasteiger partial charge in [-0.3, -0.25) is 9.69 Å². The molecule has 6 rings (SSSR count). The Balaban J connectivity index is 1.59. The van der Waals surface area contributed by atoms with Gasteiger partial charge in [-0.05, 0) is 63.4 Å². The van der Waals surface area contributed by atoms with E-state index in [0.29, 0.717) is 41.2 Å². The molecule has 1 amide bonds. The summed E-state index contributed by atoms with van der Waals surface area (Å²) in [5, 5.41) is 13.8. The van der Waals surface area contributed by atoms with Gasteiger partial charge < -0.3 is 9.30 Å². The van der Waals surface area contributed by atoms with Gasteiger partial charge in [0.2, 0.25) is 0 Å². The molecule has 0 aliphatic carbocycles. The molecule has 0 spiro atoms. The minimum atomic E-state index is -0.401. The number of hydrogen-bond donors (Lipinski definition) is 0. The molecule has 2 aliphatic heterocycles. The van der Waals surface area contributed by atoms with Crippen LogP contribution in [0, 0.1) is 13.8 Å². The van der Waals surface area contributed by atoms with Crippen LogP contribution < -0.4 is 4.90 Å². The predicted molar refractivity (Wildman–Crippen MR) is 131 cm³/mol. The molecule has 0 bridgehead atoms. The monoisotopic (exact) mass is 491 g/mol. The molecule has 1 saturated heterocycles. The smallest absolute Gasteiger partial charge is 0.280 e. The molecule has 180 valence electrons. The Labute approximate surface area is 207 Å². The zero-order valence-electron chi connectivity index (χ0n) is 20.1. The average molecular weight is 492 g/mol. The molecule has 35 heavy (non-hydrogen) atoms. The number of rotatable bonds is 4. The van der Waals surface area contributed by atoms with Crippen molar-refractivity contribution in [2.24, 2.45) is 0 Å². The van der Waals surface area contributed by atoms with Crippen molar-refractivity contribution in [1.29, 1.82) is 0 Å². The molecule has 1 fully saturated rings. The molecule has 2 aliphatic rings. The maximum atomic E-state index is 14.0. The number of hydrogen-bond acceptors (Lipinski definition) is 6. The van der Waals surface area contributed by atoms with Crippen LogP contribution in [0.1, 0.15) is 77.2 Å². The fraction of sp³-hybridized carbons (Fsp3) is 0.400. The van der Waals surface area contributed by atoms with E-state index in [0.717, 1.165) is 29.1 Å². The first kappa shape index (κ1) is 22.2. The summed E-state index contributed by atoms with van der Waals surface area (Å²) in [6.45, 7) is 9.38. The molecule has 9 nitrogen and oxygen atoms in total. The van der Waals surface area contributed by atoms with E-state index >= 15 is 0 Å². The van der Waals surface area contributed by atoms with Gasteiger partial charge in [0, 0.05) is 23.6 Å². The lowest BCUT2D eigenvalue weighted by Gasteiger charge is -2.28. The van der Waals surface area contributed by atoms with Crippen LogP contribution in [0.15, 0.2) is 30.3 Å². The van der Waals surface area contributed by atoms with Gasteiger partial charge in [-0.25, -0.2) is 4.98 Å². The van der Waals surface area contributed by atoms with Gasteiger partial charge in [0.15, 0.2) is 23.0 Å². The standard InChI is InChI=1S/C25H26ClN7O2/c1-13(2)31-22-20(27-24(31)17-9-10-35-12-17)25(34)32(21(22)16-5-7-18(26)8-6-16)19-11-14(3)23-29-28-15(4)33(23)30-19/h5-8,11,13,17,21H,9-10,12H2,1-4H3. The topological polar surface area (TPSA) is 90.4 Å². The van der Waals surface area contributed by atoms with Crippen molar-refractivity contribution in [3.05, 3.63) is 69.5 Å². The third kappa shape index (κ3) is 3.36. The number of ether oxygens (including phenoxy) is 1. The van der Waals surface area contributed by atoms with Gasteiger partial charge in [-0.15, -0.1) is 15.3 Å². The summed E-state index contributed by atoms with van der Waals surface area (Å²) in [5.41, 5.74) is 3.86. The predicted octanol–water partition coefficient (Wildman–Crippen LogP) is 4.43. The number of anilines is 1. The van der Waals surface area contributed by atoms with Crippen molar-refractivity contribution in [3.63, 3.8) is 0 Å². The summed E-state index contributed by atoms with van der Waals surface area (Å²) in [7, 11) is 0. The van der Waals surface area contributed by atoms with Gasteiger partial charge in [0.05, 0.1) is 12.3 Å². The number of aryl methyl sites for hydroxylation is 2. The van der Waals surface area contributed by atoms with Crippen LogP contribution >= 0.6 is 11.6 Å². The van der Waals surface area contributed by atoms with Crippen LogP contribution in [-0.4, -0.2) is 48.5 Å². The molecule has 5 heterocycles. The van der Waals surface area contributed by atoms with E-state index in [9.17, 15) is 4.79 Å². The molecule has 2 atom stereocenters. The third-order valence-electron chi connectivity index (χ3n) is 6.86. The minimum Gasteiger partial charge on any atom is -0.381 e. The Morgan fingerprint density at radius 3 is 2.60 bits per heavy atom. The van der Waals surface area contributed by atoms with Crippen LogP contribution in [0.5, 0.6) is 0 Å². The van der Waals surface area contributed by atoms with E-state index < -0.39 is 6.04 Å². The number of imidazole rings is 1. The second-order valence-electron chi connectivity index (χ2n) is 9.53. The lowest BCUT2D eigenvalue weighted by molar-refractivity contribution is 0.0988. The summed E-state index contributed by atoms with van der Waals surface area (Å²) in [6.07, 6.45) is 0.899. The van der Waals surface area contributed by atoms with Crippen molar-refractivity contribution in [3.8, 4) is 0 Å². The second-order valence-corrected chi connectivity index (χ2v) is 9.96. The quantitative estimate of drug-likeness (QED) is 0.419.